The van der Waals surface area contributed by atoms with Gasteiger partial charge in [-0.1, -0.05) is 0 Å². The third-order valence-electron chi connectivity index (χ3n) is 2.43. The molecular weight excluding hydrogens is 238 g/mol. The van der Waals surface area contributed by atoms with E-state index < -0.39 is 11.7 Å². The predicted octanol–water partition coefficient (Wildman–Crippen LogP) is 1.07. The number of carbonyl (C=O) groups excluding carboxylic acids is 1. The number of rotatable bonds is 4. The summed E-state index contributed by atoms with van der Waals surface area (Å²) in [5, 5.41) is 0. The highest BCUT2D eigenvalue weighted by Crippen LogP contribution is 2.19. The highest BCUT2D eigenvalue weighted by molar-refractivity contribution is 5.75. The largest absolute Gasteiger partial charge is 0.482 e. The summed E-state index contributed by atoms with van der Waals surface area (Å²) in [6, 6.07) is 4.92. The van der Waals surface area contributed by atoms with Crippen molar-refractivity contribution in [1.82, 2.24) is 4.57 Å². The molecule has 6 nitrogen and oxygen atoms in total. The minimum absolute atomic E-state index is 0.170. The zero-order valence-corrected chi connectivity index (χ0v) is 10.1. The number of fused-ring (bicyclic) bond motifs is 1. The lowest BCUT2D eigenvalue weighted by Crippen LogP contribution is -2.14. The quantitative estimate of drug-likeness (QED) is 0.760. The van der Waals surface area contributed by atoms with Crippen LogP contribution >= 0.6 is 0 Å². The number of esters is 1. The number of aromatic nitrogens is 1. The van der Waals surface area contributed by atoms with E-state index in [1.165, 1.54) is 4.57 Å². The summed E-state index contributed by atoms with van der Waals surface area (Å²) in [5.74, 6) is -0.426. The van der Waals surface area contributed by atoms with Crippen molar-refractivity contribution in [2.45, 2.75) is 6.92 Å². The van der Waals surface area contributed by atoms with E-state index in [0.717, 1.165) is 0 Å². The van der Waals surface area contributed by atoms with Gasteiger partial charge in [-0.3, -0.25) is 4.57 Å². The molecule has 0 saturated heterocycles. The van der Waals surface area contributed by atoms with Crippen molar-refractivity contribution in [2.75, 3.05) is 13.2 Å². The van der Waals surface area contributed by atoms with Crippen molar-refractivity contribution >= 4 is 17.1 Å². The fraction of sp³-hybridized carbons (Fsp3) is 0.333. The maximum absolute atomic E-state index is 11.3. The molecule has 96 valence electrons. The second kappa shape index (κ2) is 4.95. The molecule has 0 unspecified atom stereocenters. The molecule has 2 rings (SSSR count). The third-order valence-corrected chi connectivity index (χ3v) is 2.43. The molecule has 0 radical (unpaired) electrons. The van der Waals surface area contributed by atoms with Gasteiger partial charge in [0.25, 0.3) is 0 Å². The Morgan fingerprint density at radius 3 is 2.94 bits per heavy atom. The van der Waals surface area contributed by atoms with Gasteiger partial charge in [0.15, 0.2) is 12.2 Å². The van der Waals surface area contributed by atoms with Crippen molar-refractivity contribution in [3.05, 3.63) is 28.7 Å². The van der Waals surface area contributed by atoms with Gasteiger partial charge in [0.2, 0.25) is 0 Å². The normalized spacial score (nSPS) is 10.6. The van der Waals surface area contributed by atoms with Crippen LogP contribution in [-0.4, -0.2) is 23.8 Å². The van der Waals surface area contributed by atoms with Crippen LogP contribution < -0.4 is 10.5 Å². The molecule has 0 aliphatic heterocycles. The van der Waals surface area contributed by atoms with E-state index >= 15 is 0 Å². The molecule has 0 aliphatic rings. The summed E-state index contributed by atoms with van der Waals surface area (Å²) in [5.41, 5.74) is 1.09. The van der Waals surface area contributed by atoms with E-state index in [0.29, 0.717) is 23.5 Å². The summed E-state index contributed by atoms with van der Waals surface area (Å²) in [7, 11) is 1.62. The molecule has 1 aromatic heterocycles. The van der Waals surface area contributed by atoms with Crippen LogP contribution in [0.3, 0.4) is 0 Å². The van der Waals surface area contributed by atoms with Gasteiger partial charge >= 0.3 is 11.7 Å². The lowest BCUT2D eigenvalue weighted by atomic mass is 10.3. The Labute approximate surface area is 103 Å². The Morgan fingerprint density at radius 2 is 2.22 bits per heavy atom. The molecule has 0 atom stereocenters. The first kappa shape index (κ1) is 12.2. The minimum atomic E-state index is -0.438. The number of nitrogens with zero attached hydrogens (tertiary/aromatic N) is 1. The molecule has 0 N–H and O–H groups in total. The number of benzene rings is 1. The Morgan fingerprint density at radius 1 is 1.44 bits per heavy atom. The average molecular weight is 251 g/mol. The smallest absolute Gasteiger partial charge is 0.419 e. The summed E-state index contributed by atoms with van der Waals surface area (Å²) >= 11 is 0. The zero-order chi connectivity index (χ0) is 13.1. The second-order valence-corrected chi connectivity index (χ2v) is 3.65. The van der Waals surface area contributed by atoms with Crippen molar-refractivity contribution in [1.29, 1.82) is 0 Å². The number of hydrogen-bond donors (Lipinski definition) is 0. The van der Waals surface area contributed by atoms with E-state index in [9.17, 15) is 9.59 Å². The first-order valence-corrected chi connectivity index (χ1v) is 5.50. The summed E-state index contributed by atoms with van der Waals surface area (Å²) in [6.07, 6.45) is 0. The van der Waals surface area contributed by atoms with E-state index in [2.05, 4.69) is 0 Å². The second-order valence-electron chi connectivity index (χ2n) is 3.65. The molecular formula is C12H13NO5. The van der Waals surface area contributed by atoms with Gasteiger partial charge in [0, 0.05) is 13.1 Å². The molecule has 0 aliphatic carbocycles. The van der Waals surface area contributed by atoms with Crippen LogP contribution in [0.1, 0.15) is 6.92 Å². The van der Waals surface area contributed by atoms with Crippen molar-refractivity contribution < 1.29 is 18.7 Å². The first-order chi connectivity index (χ1) is 8.61. The lowest BCUT2D eigenvalue weighted by molar-refractivity contribution is -0.145. The summed E-state index contributed by atoms with van der Waals surface area (Å²) < 4.78 is 16.4. The number of aryl methyl sites for hydroxylation is 1. The first-order valence-electron chi connectivity index (χ1n) is 5.50. The van der Waals surface area contributed by atoms with Crippen molar-refractivity contribution in [2.24, 2.45) is 7.05 Å². The number of hydrogen-bond acceptors (Lipinski definition) is 5. The Balaban J connectivity index is 2.15. The molecule has 18 heavy (non-hydrogen) atoms. The van der Waals surface area contributed by atoms with Gasteiger partial charge in [0.1, 0.15) is 5.75 Å². The minimum Gasteiger partial charge on any atom is -0.482 e. The molecule has 0 spiro atoms. The molecule has 0 fully saturated rings. The highest BCUT2D eigenvalue weighted by atomic mass is 16.6. The molecule has 0 amide bonds. The number of carbonyl (C=O) groups is 1. The topological polar surface area (TPSA) is 70.7 Å². The molecule has 0 bridgehead atoms. The summed E-state index contributed by atoms with van der Waals surface area (Å²) in [4.78, 5) is 22.4. The van der Waals surface area contributed by atoms with Crippen LogP contribution in [0, 0.1) is 0 Å². The Hall–Kier alpha value is -2.24. The van der Waals surface area contributed by atoms with Crippen LogP contribution in [0.4, 0.5) is 0 Å². The number of oxazole rings is 1. The molecule has 2 aromatic rings. The molecule has 0 saturated carbocycles. The Bertz CT molecular complexity index is 625. The maximum Gasteiger partial charge on any atom is 0.419 e. The van der Waals surface area contributed by atoms with Crippen LogP contribution in [-0.2, 0) is 16.6 Å². The van der Waals surface area contributed by atoms with Gasteiger partial charge in [-0.05, 0) is 19.1 Å². The van der Waals surface area contributed by atoms with Crippen LogP contribution in [0.5, 0.6) is 5.75 Å². The summed E-state index contributed by atoms with van der Waals surface area (Å²) in [6.45, 7) is 1.87. The van der Waals surface area contributed by atoms with Crippen LogP contribution in [0.25, 0.3) is 11.1 Å². The lowest BCUT2D eigenvalue weighted by Gasteiger charge is -2.05. The van der Waals surface area contributed by atoms with E-state index in [4.69, 9.17) is 13.9 Å². The van der Waals surface area contributed by atoms with E-state index in [1.54, 1.807) is 32.2 Å². The standard InChI is InChI=1S/C12H13NO5/c1-3-16-11(14)7-17-8-4-5-9-10(6-8)18-12(15)13(9)2/h4-6H,3,7H2,1-2H3. The van der Waals surface area contributed by atoms with Gasteiger partial charge in [-0.25, -0.2) is 9.59 Å². The van der Waals surface area contributed by atoms with Crippen molar-refractivity contribution in [3.63, 3.8) is 0 Å². The van der Waals surface area contributed by atoms with Crippen LogP contribution in [0.15, 0.2) is 27.4 Å². The van der Waals surface area contributed by atoms with Gasteiger partial charge in [0.05, 0.1) is 12.1 Å². The number of ether oxygens (including phenoxy) is 2. The molecule has 1 heterocycles. The van der Waals surface area contributed by atoms with Crippen molar-refractivity contribution in [3.8, 4) is 5.75 Å². The maximum atomic E-state index is 11.3. The van der Waals surface area contributed by atoms with E-state index in [1.807, 2.05) is 0 Å². The van der Waals surface area contributed by atoms with Gasteiger partial charge in [-0.15, -0.1) is 0 Å². The Kier molecular flexibility index (Phi) is 3.36. The fourth-order valence-corrected chi connectivity index (χ4v) is 1.55. The monoisotopic (exact) mass is 251 g/mol. The van der Waals surface area contributed by atoms with Crippen LogP contribution in [0.2, 0.25) is 0 Å². The van der Waals surface area contributed by atoms with Gasteiger partial charge in [-0.2, -0.15) is 0 Å². The SMILES string of the molecule is CCOC(=O)COc1ccc2c(c1)oc(=O)n2C. The van der Waals surface area contributed by atoms with Gasteiger partial charge < -0.3 is 13.9 Å². The fourth-order valence-electron chi connectivity index (χ4n) is 1.55. The highest BCUT2D eigenvalue weighted by Gasteiger charge is 2.08. The average Bonchev–Trinajstić information content (AvgIpc) is 2.63. The molecule has 1 aromatic carbocycles. The van der Waals surface area contributed by atoms with E-state index in [-0.39, 0.29) is 6.61 Å². The third kappa shape index (κ3) is 2.37. The predicted molar refractivity (Wildman–Crippen MR) is 63.6 cm³/mol. The zero-order valence-electron chi connectivity index (χ0n) is 10.1. The molecule has 6 heteroatoms.